The normalized spacial score (nSPS) is 55.6. The molecule has 1 spiro atoms. The maximum atomic E-state index is 11.6. The highest BCUT2D eigenvalue weighted by Gasteiger charge is 2.81. The molecule has 0 amide bonds. The van der Waals surface area contributed by atoms with Gasteiger partial charge < -0.3 is 10.2 Å². The molecule has 2 N–H and O–H groups in total. The fraction of sp³-hybridized carbons (Fsp3) is 0.733. The molecule has 3 rings (SSSR count). The summed E-state index contributed by atoms with van der Waals surface area (Å²) < 4.78 is 0. The average molecular weight is 264 g/mol. The van der Waals surface area contributed by atoms with Crippen LogP contribution in [0.5, 0.6) is 0 Å². The van der Waals surface area contributed by atoms with E-state index in [1.54, 1.807) is 0 Å². The lowest BCUT2D eigenvalue weighted by Gasteiger charge is -2.56. The van der Waals surface area contributed by atoms with E-state index in [0.717, 1.165) is 19.3 Å². The molecule has 0 saturated heterocycles. The van der Waals surface area contributed by atoms with Gasteiger partial charge in [0, 0.05) is 16.4 Å². The number of rotatable bonds is 2. The minimum absolute atomic E-state index is 0.0132. The van der Waals surface area contributed by atoms with Crippen LogP contribution in [0, 0.1) is 16.2 Å². The van der Waals surface area contributed by atoms with Crippen LogP contribution in [0.1, 0.15) is 39.5 Å². The molecule has 5 atom stereocenters. The van der Waals surface area contributed by atoms with E-state index in [0.29, 0.717) is 19.0 Å². The Morgan fingerprint density at radius 1 is 1.32 bits per heavy atom. The Labute approximate surface area is 112 Å². The molecular formula is C15H20O4. The Morgan fingerprint density at radius 3 is 2.58 bits per heavy atom. The van der Waals surface area contributed by atoms with Gasteiger partial charge in [-0.25, -0.2) is 0 Å². The third kappa shape index (κ3) is 1.10. The lowest BCUT2D eigenvalue weighted by molar-refractivity contribution is -0.166. The van der Waals surface area contributed by atoms with E-state index >= 15 is 0 Å². The van der Waals surface area contributed by atoms with E-state index in [2.05, 4.69) is 6.92 Å². The third-order valence-corrected chi connectivity index (χ3v) is 6.43. The second-order valence-corrected chi connectivity index (χ2v) is 6.96. The van der Waals surface area contributed by atoms with Crippen LogP contribution >= 0.6 is 0 Å². The van der Waals surface area contributed by atoms with Gasteiger partial charge in [-0.05, 0) is 30.8 Å². The van der Waals surface area contributed by atoms with E-state index in [9.17, 15) is 19.8 Å². The smallest absolute Gasteiger partial charge is 0.156 e. The first-order valence-electron chi connectivity index (χ1n) is 6.86. The number of aliphatic hydroxyl groups excluding tert-OH is 1. The fourth-order valence-electron chi connectivity index (χ4n) is 5.20. The zero-order chi connectivity index (χ0) is 14.1. The van der Waals surface area contributed by atoms with E-state index in [1.807, 2.05) is 6.92 Å². The summed E-state index contributed by atoms with van der Waals surface area (Å²) in [6, 6.07) is 0. The number of aliphatic hydroxyl groups is 2. The standard InChI is InChI=1S/C15H20O4/c1-12-4-3-5-13(2)14(12,8-12)11(18)6-10(7-16)15(13,19)9-17/h6-7,9,11,18-19H,3-5,8H2,1-2H3/t11?,12-,13?,14-,15+/m0/s1. The molecule has 2 fully saturated rings. The first-order valence-corrected chi connectivity index (χ1v) is 6.86. The van der Waals surface area contributed by atoms with E-state index < -0.39 is 22.5 Å². The summed E-state index contributed by atoms with van der Waals surface area (Å²) in [7, 11) is 0. The van der Waals surface area contributed by atoms with Crippen molar-refractivity contribution in [1.82, 2.24) is 0 Å². The van der Waals surface area contributed by atoms with Crippen molar-refractivity contribution in [2.75, 3.05) is 0 Å². The van der Waals surface area contributed by atoms with Crippen LogP contribution in [0.15, 0.2) is 11.6 Å². The minimum Gasteiger partial charge on any atom is -0.388 e. The molecule has 3 aliphatic carbocycles. The van der Waals surface area contributed by atoms with Crippen LogP contribution in [0.2, 0.25) is 0 Å². The first-order chi connectivity index (χ1) is 8.81. The molecule has 0 aromatic rings. The lowest BCUT2D eigenvalue weighted by atomic mass is 9.49. The van der Waals surface area contributed by atoms with E-state index in [4.69, 9.17) is 0 Å². The van der Waals surface area contributed by atoms with E-state index in [1.165, 1.54) is 6.08 Å². The Kier molecular flexibility index (Phi) is 2.30. The van der Waals surface area contributed by atoms with Gasteiger partial charge in [-0.1, -0.05) is 20.3 Å². The number of aldehydes is 2. The molecule has 0 bridgehead atoms. The summed E-state index contributed by atoms with van der Waals surface area (Å²) >= 11 is 0. The van der Waals surface area contributed by atoms with Gasteiger partial charge in [0.2, 0.25) is 0 Å². The number of hydrogen-bond acceptors (Lipinski definition) is 4. The fourth-order valence-corrected chi connectivity index (χ4v) is 5.20. The molecule has 0 radical (unpaired) electrons. The van der Waals surface area contributed by atoms with Crippen molar-refractivity contribution in [1.29, 1.82) is 0 Å². The highest BCUT2D eigenvalue weighted by Crippen LogP contribution is 2.82. The molecule has 104 valence electrons. The molecular weight excluding hydrogens is 244 g/mol. The van der Waals surface area contributed by atoms with Crippen LogP contribution < -0.4 is 0 Å². The molecule has 2 unspecified atom stereocenters. The van der Waals surface area contributed by atoms with Crippen molar-refractivity contribution < 1.29 is 19.8 Å². The quantitative estimate of drug-likeness (QED) is 0.730. The minimum atomic E-state index is -1.77. The van der Waals surface area contributed by atoms with Gasteiger partial charge in [-0.2, -0.15) is 0 Å². The Hall–Kier alpha value is -1.00. The number of carbonyl (C=O) groups is 2. The summed E-state index contributed by atoms with van der Waals surface area (Å²) in [4.78, 5) is 22.7. The topological polar surface area (TPSA) is 74.6 Å². The SMILES string of the molecule is CC12CCC[C@@]3(C)C[C@@]13C(O)C=C(C=O)[C@]2(O)C=O. The van der Waals surface area contributed by atoms with Gasteiger partial charge in [0.05, 0.1) is 6.10 Å². The van der Waals surface area contributed by atoms with Crippen LogP contribution in [-0.4, -0.2) is 34.5 Å². The third-order valence-electron chi connectivity index (χ3n) is 6.43. The van der Waals surface area contributed by atoms with Gasteiger partial charge in [-0.3, -0.25) is 9.59 Å². The molecule has 19 heavy (non-hydrogen) atoms. The van der Waals surface area contributed by atoms with Gasteiger partial charge >= 0.3 is 0 Å². The van der Waals surface area contributed by atoms with Gasteiger partial charge in [-0.15, -0.1) is 0 Å². The van der Waals surface area contributed by atoms with Crippen LogP contribution in [0.25, 0.3) is 0 Å². The Morgan fingerprint density at radius 2 is 2.00 bits per heavy atom. The Bertz CT molecular complexity index is 498. The van der Waals surface area contributed by atoms with Gasteiger partial charge in [0.25, 0.3) is 0 Å². The first kappa shape index (κ1) is 13.0. The van der Waals surface area contributed by atoms with Crippen molar-refractivity contribution in [3.05, 3.63) is 11.6 Å². The van der Waals surface area contributed by atoms with Crippen molar-refractivity contribution in [2.24, 2.45) is 16.2 Å². The van der Waals surface area contributed by atoms with Gasteiger partial charge in [0.15, 0.2) is 11.9 Å². The average Bonchev–Trinajstić information content (AvgIpc) is 3.02. The summed E-state index contributed by atoms with van der Waals surface area (Å²) in [6.45, 7) is 3.96. The van der Waals surface area contributed by atoms with Crippen molar-refractivity contribution in [3.63, 3.8) is 0 Å². The molecule has 3 aliphatic rings. The van der Waals surface area contributed by atoms with Gasteiger partial charge in [0.1, 0.15) is 6.29 Å². The second kappa shape index (κ2) is 3.36. The monoisotopic (exact) mass is 264 g/mol. The highest BCUT2D eigenvalue weighted by atomic mass is 16.3. The number of hydrogen-bond donors (Lipinski definition) is 2. The zero-order valence-electron chi connectivity index (χ0n) is 11.3. The molecule has 0 aliphatic heterocycles. The van der Waals surface area contributed by atoms with Crippen molar-refractivity contribution in [2.45, 2.75) is 51.2 Å². The van der Waals surface area contributed by atoms with Crippen LogP contribution in [-0.2, 0) is 9.59 Å². The van der Waals surface area contributed by atoms with Crippen molar-refractivity contribution >= 4 is 12.6 Å². The zero-order valence-corrected chi connectivity index (χ0v) is 11.3. The number of carbonyl (C=O) groups excluding carboxylic acids is 2. The van der Waals surface area contributed by atoms with E-state index in [-0.39, 0.29) is 11.0 Å². The van der Waals surface area contributed by atoms with Crippen LogP contribution in [0.3, 0.4) is 0 Å². The molecule has 2 saturated carbocycles. The lowest BCUT2D eigenvalue weighted by Crippen LogP contribution is -2.62. The highest BCUT2D eigenvalue weighted by molar-refractivity contribution is 5.88. The summed E-state index contributed by atoms with van der Waals surface area (Å²) in [5.41, 5.74) is -3.04. The predicted molar refractivity (Wildman–Crippen MR) is 68.3 cm³/mol. The second-order valence-electron chi connectivity index (χ2n) is 6.96. The Balaban J connectivity index is 2.25. The molecule has 4 heteroatoms. The summed E-state index contributed by atoms with van der Waals surface area (Å²) in [6.07, 6.45) is 4.98. The summed E-state index contributed by atoms with van der Waals surface area (Å²) in [5.74, 6) is 0. The van der Waals surface area contributed by atoms with Crippen LogP contribution in [0.4, 0.5) is 0 Å². The molecule has 0 heterocycles. The molecule has 0 aromatic carbocycles. The molecule has 0 aromatic heterocycles. The van der Waals surface area contributed by atoms with Crippen molar-refractivity contribution in [3.8, 4) is 0 Å². The maximum Gasteiger partial charge on any atom is 0.156 e. The maximum absolute atomic E-state index is 11.6. The largest absolute Gasteiger partial charge is 0.388 e. The summed E-state index contributed by atoms with van der Waals surface area (Å²) in [5, 5.41) is 21.3. The molecule has 4 nitrogen and oxygen atoms in total. The predicted octanol–water partition coefficient (Wildman–Crippen LogP) is 1.00.